The zero-order valence-corrected chi connectivity index (χ0v) is 17.4. The normalized spacial score (nSPS) is 13.6. The molecule has 0 atom stereocenters. The van der Waals surface area contributed by atoms with Gasteiger partial charge in [0.2, 0.25) is 11.8 Å². The second-order valence-electron chi connectivity index (χ2n) is 7.57. The second kappa shape index (κ2) is 8.02. The van der Waals surface area contributed by atoms with Crippen molar-refractivity contribution in [3.63, 3.8) is 0 Å². The molecule has 0 saturated carbocycles. The molecule has 2 N–H and O–H groups in total. The molecule has 1 aromatic carbocycles. The Hall–Kier alpha value is -3.61. The molecule has 0 fully saturated rings. The highest BCUT2D eigenvalue weighted by Crippen LogP contribution is 2.26. The summed E-state index contributed by atoms with van der Waals surface area (Å²) in [7, 11) is 3.83. The van der Waals surface area contributed by atoms with Gasteiger partial charge in [-0.1, -0.05) is 18.2 Å². The lowest BCUT2D eigenvalue weighted by Crippen LogP contribution is -2.25. The molecule has 0 bridgehead atoms. The van der Waals surface area contributed by atoms with Gasteiger partial charge < -0.3 is 20.1 Å². The van der Waals surface area contributed by atoms with Crippen molar-refractivity contribution < 1.29 is 9.59 Å². The van der Waals surface area contributed by atoms with E-state index in [9.17, 15) is 9.59 Å². The summed E-state index contributed by atoms with van der Waals surface area (Å²) in [6, 6.07) is 10.1. The van der Waals surface area contributed by atoms with Gasteiger partial charge >= 0.3 is 0 Å². The number of rotatable bonds is 4. The van der Waals surface area contributed by atoms with E-state index in [-0.39, 0.29) is 11.8 Å². The first-order valence-electron chi connectivity index (χ1n) is 9.94. The minimum absolute atomic E-state index is 0.0506. The van der Waals surface area contributed by atoms with Crippen molar-refractivity contribution in [3.05, 3.63) is 59.4 Å². The predicted molar refractivity (Wildman–Crippen MR) is 119 cm³/mol. The lowest BCUT2D eigenvalue weighted by Gasteiger charge is -2.17. The number of likely N-dealkylation sites (N-methyl/N-ethyl adjacent to an activating group) is 1. The van der Waals surface area contributed by atoms with E-state index in [4.69, 9.17) is 0 Å². The van der Waals surface area contributed by atoms with Gasteiger partial charge in [-0.2, -0.15) is 0 Å². The van der Waals surface area contributed by atoms with Gasteiger partial charge in [-0.25, -0.2) is 4.98 Å². The fourth-order valence-electron chi connectivity index (χ4n) is 3.77. The summed E-state index contributed by atoms with van der Waals surface area (Å²) in [6.45, 7) is 3.16. The number of amides is 2. The summed E-state index contributed by atoms with van der Waals surface area (Å²) in [5.74, 6) is 0.495. The van der Waals surface area contributed by atoms with E-state index in [2.05, 4.69) is 39.2 Å². The van der Waals surface area contributed by atoms with Crippen molar-refractivity contribution in [2.75, 3.05) is 24.2 Å². The maximum Gasteiger partial charge on any atom is 0.246 e. The monoisotopic (exact) mass is 403 g/mol. The second-order valence-corrected chi connectivity index (χ2v) is 7.57. The number of nitrogens with zero attached hydrogens (tertiary/aromatic N) is 3. The fourth-order valence-corrected chi connectivity index (χ4v) is 3.77. The fraction of sp³-hybridized carbons (Fsp3) is 0.261. The Bertz CT molecular complexity index is 1120. The van der Waals surface area contributed by atoms with Crippen LogP contribution in [0.1, 0.15) is 23.2 Å². The molecule has 30 heavy (non-hydrogen) atoms. The first-order chi connectivity index (χ1) is 14.4. The van der Waals surface area contributed by atoms with Crippen LogP contribution in [0, 0.1) is 6.92 Å². The molecule has 4 rings (SSSR count). The predicted octanol–water partition coefficient (Wildman–Crippen LogP) is 3.31. The van der Waals surface area contributed by atoms with Gasteiger partial charge in [0.25, 0.3) is 0 Å². The summed E-state index contributed by atoms with van der Waals surface area (Å²) in [6.07, 6.45) is 5.34. The minimum Gasteiger partial charge on any atom is -0.368 e. The van der Waals surface area contributed by atoms with Crippen LogP contribution in [0.2, 0.25) is 0 Å². The highest BCUT2D eigenvalue weighted by molar-refractivity contribution is 5.96. The number of pyridine rings is 1. The van der Waals surface area contributed by atoms with Crippen molar-refractivity contribution in [2.24, 2.45) is 7.05 Å². The van der Waals surface area contributed by atoms with Crippen LogP contribution in [-0.2, 0) is 23.2 Å². The number of carbonyl (C=O) groups excluding carboxylic acids is 2. The lowest BCUT2D eigenvalue weighted by atomic mass is 10.1. The van der Waals surface area contributed by atoms with Crippen molar-refractivity contribution >= 4 is 40.3 Å². The summed E-state index contributed by atoms with van der Waals surface area (Å²) in [4.78, 5) is 30.5. The van der Waals surface area contributed by atoms with Crippen molar-refractivity contribution in [2.45, 2.75) is 19.9 Å². The number of carbonyl (C=O) groups is 2. The summed E-state index contributed by atoms with van der Waals surface area (Å²) in [5, 5.41) is 7.16. The van der Waals surface area contributed by atoms with Gasteiger partial charge in [0, 0.05) is 55.9 Å². The molecule has 0 unspecified atom stereocenters. The van der Waals surface area contributed by atoms with E-state index in [0.717, 1.165) is 16.8 Å². The molecule has 2 aromatic heterocycles. The van der Waals surface area contributed by atoms with Crippen LogP contribution in [0.3, 0.4) is 0 Å². The largest absolute Gasteiger partial charge is 0.368 e. The van der Waals surface area contributed by atoms with E-state index in [0.29, 0.717) is 31.0 Å². The molecule has 154 valence electrons. The van der Waals surface area contributed by atoms with Gasteiger partial charge in [-0.05, 0) is 36.3 Å². The SMILES string of the molecule is Cc1c(CN(C)C(=O)C=Cc2cnc3c(c2)NC(=O)CCN3)n(C)c2ccccc12. The van der Waals surface area contributed by atoms with Gasteiger partial charge in [0.15, 0.2) is 0 Å². The van der Waals surface area contributed by atoms with E-state index in [1.165, 1.54) is 17.0 Å². The molecule has 3 aromatic rings. The van der Waals surface area contributed by atoms with Crippen LogP contribution in [0.25, 0.3) is 17.0 Å². The van der Waals surface area contributed by atoms with Crippen LogP contribution < -0.4 is 10.6 Å². The molecule has 7 nitrogen and oxygen atoms in total. The topological polar surface area (TPSA) is 79.3 Å². The molecule has 0 radical (unpaired) electrons. The first-order valence-corrected chi connectivity index (χ1v) is 9.94. The third kappa shape index (κ3) is 3.78. The van der Waals surface area contributed by atoms with E-state index in [1.54, 1.807) is 24.2 Å². The Morgan fingerprint density at radius 3 is 2.93 bits per heavy atom. The first kappa shape index (κ1) is 19.7. The zero-order valence-electron chi connectivity index (χ0n) is 17.4. The third-order valence-corrected chi connectivity index (χ3v) is 5.52. The molecule has 1 aliphatic rings. The number of hydrogen-bond acceptors (Lipinski definition) is 4. The van der Waals surface area contributed by atoms with Gasteiger partial charge in [0.1, 0.15) is 5.82 Å². The number of aryl methyl sites for hydroxylation is 2. The Morgan fingerprint density at radius 1 is 1.33 bits per heavy atom. The molecule has 0 aliphatic carbocycles. The van der Waals surface area contributed by atoms with E-state index >= 15 is 0 Å². The average molecular weight is 403 g/mol. The Morgan fingerprint density at radius 2 is 2.13 bits per heavy atom. The Balaban J connectivity index is 1.49. The zero-order chi connectivity index (χ0) is 21.3. The van der Waals surface area contributed by atoms with Crippen molar-refractivity contribution in [1.82, 2.24) is 14.5 Å². The molecule has 2 amide bonds. The van der Waals surface area contributed by atoms with E-state index in [1.807, 2.05) is 25.2 Å². The standard InChI is InChI=1S/C23H25N5O2/c1-15-17-6-4-5-7-19(17)28(3)20(15)14-27(2)22(30)9-8-16-12-18-23(25-13-16)24-11-10-21(29)26-18/h4-9,12-13H,10-11,14H2,1-3H3,(H,24,25)(H,26,29). The number of benzene rings is 1. The van der Waals surface area contributed by atoms with Gasteiger partial charge in [-0.15, -0.1) is 0 Å². The summed E-state index contributed by atoms with van der Waals surface area (Å²) < 4.78 is 2.14. The molecule has 0 saturated heterocycles. The quantitative estimate of drug-likeness (QED) is 0.655. The Kier molecular flexibility index (Phi) is 5.27. The van der Waals surface area contributed by atoms with E-state index < -0.39 is 0 Å². The van der Waals surface area contributed by atoms with Crippen LogP contribution in [-0.4, -0.2) is 39.9 Å². The van der Waals surface area contributed by atoms with Crippen LogP contribution >= 0.6 is 0 Å². The van der Waals surface area contributed by atoms with Crippen molar-refractivity contribution in [3.8, 4) is 0 Å². The third-order valence-electron chi connectivity index (χ3n) is 5.52. The average Bonchev–Trinajstić information content (AvgIpc) is 2.88. The summed E-state index contributed by atoms with van der Waals surface area (Å²) in [5.41, 5.74) is 4.84. The van der Waals surface area contributed by atoms with Crippen LogP contribution in [0.4, 0.5) is 11.5 Å². The number of nitrogens with one attached hydrogen (secondary N) is 2. The van der Waals surface area contributed by atoms with Gasteiger partial charge in [0.05, 0.1) is 12.2 Å². The number of aromatic nitrogens is 2. The molecule has 3 heterocycles. The Labute approximate surface area is 175 Å². The highest BCUT2D eigenvalue weighted by Gasteiger charge is 2.16. The number of hydrogen-bond donors (Lipinski definition) is 2. The molecular formula is C23H25N5O2. The van der Waals surface area contributed by atoms with Gasteiger partial charge in [-0.3, -0.25) is 9.59 Å². The maximum absolute atomic E-state index is 12.7. The number of fused-ring (bicyclic) bond motifs is 2. The number of para-hydroxylation sites is 1. The molecular weight excluding hydrogens is 378 g/mol. The van der Waals surface area contributed by atoms with Crippen molar-refractivity contribution in [1.29, 1.82) is 0 Å². The lowest BCUT2D eigenvalue weighted by molar-refractivity contribution is -0.125. The molecule has 1 aliphatic heterocycles. The summed E-state index contributed by atoms with van der Waals surface area (Å²) >= 11 is 0. The molecule has 0 spiro atoms. The van der Waals surface area contributed by atoms with Crippen LogP contribution in [0.15, 0.2) is 42.6 Å². The highest BCUT2D eigenvalue weighted by atomic mass is 16.2. The smallest absolute Gasteiger partial charge is 0.246 e. The van der Waals surface area contributed by atoms with Crippen LogP contribution in [0.5, 0.6) is 0 Å². The maximum atomic E-state index is 12.7. The molecule has 7 heteroatoms. The number of anilines is 2. The minimum atomic E-state index is -0.100.